The molecule has 0 aliphatic rings. The van der Waals surface area contributed by atoms with Crippen LogP contribution >= 0.6 is 23.1 Å². The highest BCUT2D eigenvalue weighted by atomic mass is 32.2. The van der Waals surface area contributed by atoms with E-state index in [0.717, 1.165) is 10.7 Å². The van der Waals surface area contributed by atoms with Gasteiger partial charge >= 0.3 is 0 Å². The third-order valence-electron chi connectivity index (χ3n) is 2.99. The summed E-state index contributed by atoms with van der Waals surface area (Å²) in [5.74, 6) is 0.356. The predicted octanol–water partition coefficient (Wildman–Crippen LogP) is 2.05. The van der Waals surface area contributed by atoms with E-state index in [1.807, 2.05) is 6.92 Å². The van der Waals surface area contributed by atoms with E-state index in [0.29, 0.717) is 27.2 Å². The molecule has 24 heavy (non-hydrogen) atoms. The molecule has 2 heterocycles. The Labute approximate surface area is 145 Å². The van der Waals surface area contributed by atoms with Gasteiger partial charge in [0.25, 0.3) is 5.91 Å². The van der Waals surface area contributed by atoms with Crippen LogP contribution in [0.3, 0.4) is 0 Å². The first-order valence-corrected chi connectivity index (χ1v) is 8.58. The molecule has 3 rings (SSSR count). The molecule has 0 radical (unpaired) electrons. The van der Waals surface area contributed by atoms with Crippen LogP contribution in [-0.4, -0.2) is 31.2 Å². The van der Waals surface area contributed by atoms with Gasteiger partial charge in [-0.25, -0.2) is 9.97 Å². The van der Waals surface area contributed by atoms with E-state index >= 15 is 0 Å². The van der Waals surface area contributed by atoms with Crippen molar-refractivity contribution in [2.75, 3.05) is 11.1 Å². The van der Waals surface area contributed by atoms with Crippen molar-refractivity contribution in [3.63, 3.8) is 0 Å². The highest BCUT2D eigenvalue weighted by Gasteiger charge is 2.14. The van der Waals surface area contributed by atoms with E-state index < -0.39 is 0 Å². The second-order valence-electron chi connectivity index (χ2n) is 4.81. The maximum atomic E-state index is 12.4. The Hall–Kier alpha value is -2.43. The average molecular weight is 362 g/mol. The van der Waals surface area contributed by atoms with Crippen LogP contribution in [0, 0.1) is 6.92 Å². The fourth-order valence-electron chi connectivity index (χ4n) is 1.87. The molecule has 0 saturated heterocycles. The number of aryl methyl sites for hydroxylation is 1. The molecule has 1 aromatic carbocycles. The lowest BCUT2D eigenvalue weighted by Gasteiger charge is -2.07. The molecule has 10 heteroatoms. The lowest BCUT2D eigenvalue weighted by Crippen LogP contribution is -2.14. The van der Waals surface area contributed by atoms with Crippen molar-refractivity contribution in [1.29, 1.82) is 0 Å². The lowest BCUT2D eigenvalue weighted by atomic mass is 10.1. The highest BCUT2D eigenvalue weighted by Crippen LogP contribution is 2.28. The number of aromatic amines is 1. The average Bonchev–Trinajstić information content (AvgIpc) is 3.18. The molecule has 0 unspecified atom stereocenters. The number of amides is 1. The fourth-order valence-corrected chi connectivity index (χ4v) is 3.36. The van der Waals surface area contributed by atoms with Gasteiger partial charge in [-0.2, -0.15) is 0 Å². The zero-order chi connectivity index (χ0) is 17.1. The van der Waals surface area contributed by atoms with Gasteiger partial charge in [-0.1, -0.05) is 0 Å². The van der Waals surface area contributed by atoms with E-state index in [-0.39, 0.29) is 12.5 Å². The Morgan fingerprint density at radius 1 is 1.46 bits per heavy atom. The summed E-state index contributed by atoms with van der Waals surface area (Å²) in [5.41, 5.74) is 7.12. The Morgan fingerprint density at radius 2 is 2.29 bits per heavy atom. The van der Waals surface area contributed by atoms with Crippen LogP contribution in [0.4, 0.5) is 10.8 Å². The van der Waals surface area contributed by atoms with Crippen LogP contribution in [0.1, 0.15) is 21.9 Å². The van der Waals surface area contributed by atoms with E-state index in [1.54, 1.807) is 23.6 Å². The Balaban J connectivity index is 1.78. The zero-order valence-corrected chi connectivity index (χ0v) is 14.2. The van der Waals surface area contributed by atoms with Crippen molar-refractivity contribution in [2.24, 2.45) is 0 Å². The van der Waals surface area contributed by atoms with Crippen LogP contribution in [0.2, 0.25) is 0 Å². The molecular weight excluding hydrogens is 348 g/mol. The summed E-state index contributed by atoms with van der Waals surface area (Å²) in [6, 6.07) is 5.15. The predicted molar refractivity (Wildman–Crippen MR) is 92.1 cm³/mol. The number of nitrogen functional groups attached to an aromatic ring is 1. The standard InChI is InChI=1S/C14H14N6O2S2/c1-7-16-14(20-19-7)24-9-2-3-11(15)10(4-9)12(22)18-13-17-8(5-21)6-23-13/h2-4,6,21H,5,15H2,1H3,(H,16,19,20)(H,17,18,22). The van der Waals surface area contributed by atoms with Crippen molar-refractivity contribution >= 4 is 39.8 Å². The number of hydrogen-bond donors (Lipinski definition) is 4. The van der Waals surface area contributed by atoms with Gasteiger partial charge in [0, 0.05) is 16.0 Å². The van der Waals surface area contributed by atoms with E-state index in [4.69, 9.17) is 10.8 Å². The number of nitrogens with zero attached hydrogens (tertiary/aromatic N) is 3. The lowest BCUT2D eigenvalue weighted by molar-refractivity contribution is 0.102. The van der Waals surface area contributed by atoms with Gasteiger partial charge in [-0.3, -0.25) is 15.2 Å². The monoisotopic (exact) mass is 362 g/mol. The molecule has 0 aliphatic heterocycles. The van der Waals surface area contributed by atoms with Gasteiger partial charge < -0.3 is 10.8 Å². The van der Waals surface area contributed by atoms with Crippen LogP contribution in [0.15, 0.2) is 33.6 Å². The molecule has 0 spiro atoms. The maximum Gasteiger partial charge on any atom is 0.259 e. The van der Waals surface area contributed by atoms with Crippen molar-refractivity contribution in [2.45, 2.75) is 23.6 Å². The normalized spacial score (nSPS) is 10.8. The summed E-state index contributed by atoms with van der Waals surface area (Å²) in [6.07, 6.45) is 0. The first kappa shape index (κ1) is 16.4. The topological polar surface area (TPSA) is 130 Å². The number of benzene rings is 1. The highest BCUT2D eigenvalue weighted by molar-refractivity contribution is 7.99. The summed E-state index contributed by atoms with van der Waals surface area (Å²) in [6.45, 7) is 1.64. The minimum atomic E-state index is -0.361. The van der Waals surface area contributed by atoms with Crippen LogP contribution in [0.25, 0.3) is 0 Å². The molecule has 3 aromatic rings. The Kier molecular flexibility index (Phi) is 4.79. The Bertz CT molecular complexity index is 876. The first-order chi connectivity index (χ1) is 11.5. The van der Waals surface area contributed by atoms with Gasteiger partial charge in [-0.15, -0.1) is 16.4 Å². The summed E-state index contributed by atoms with van der Waals surface area (Å²) in [7, 11) is 0. The number of aliphatic hydroxyl groups excluding tert-OH is 1. The Morgan fingerprint density at radius 3 is 2.96 bits per heavy atom. The number of aliphatic hydroxyl groups is 1. The van der Waals surface area contributed by atoms with E-state index in [9.17, 15) is 4.79 Å². The number of nitrogens with one attached hydrogen (secondary N) is 2. The quantitative estimate of drug-likeness (QED) is 0.511. The smallest absolute Gasteiger partial charge is 0.259 e. The van der Waals surface area contributed by atoms with Gasteiger partial charge in [0.2, 0.25) is 5.16 Å². The van der Waals surface area contributed by atoms with E-state index in [1.165, 1.54) is 23.1 Å². The van der Waals surface area contributed by atoms with Crippen molar-refractivity contribution in [1.82, 2.24) is 20.2 Å². The van der Waals surface area contributed by atoms with Crippen LogP contribution < -0.4 is 11.1 Å². The summed E-state index contributed by atoms with van der Waals surface area (Å²) < 4.78 is 0. The summed E-state index contributed by atoms with van der Waals surface area (Å²) >= 11 is 2.57. The number of aromatic nitrogens is 4. The van der Waals surface area contributed by atoms with Gasteiger partial charge in [0.1, 0.15) is 5.82 Å². The number of rotatable bonds is 5. The second-order valence-corrected chi connectivity index (χ2v) is 6.71. The van der Waals surface area contributed by atoms with Crippen molar-refractivity contribution in [3.8, 4) is 0 Å². The summed E-state index contributed by atoms with van der Waals surface area (Å²) in [5, 5.41) is 21.2. The maximum absolute atomic E-state index is 12.4. The number of anilines is 2. The van der Waals surface area contributed by atoms with E-state index in [2.05, 4.69) is 25.5 Å². The summed E-state index contributed by atoms with van der Waals surface area (Å²) in [4.78, 5) is 21.5. The molecule has 124 valence electrons. The van der Waals surface area contributed by atoms with Crippen molar-refractivity contribution in [3.05, 3.63) is 40.7 Å². The number of H-pyrrole nitrogens is 1. The molecule has 5 N–H and O–H groups in total. The molecular formula is C14H14N6O2S2. The zero-order valence-electron chi connectivity index (χ0n) is 12.6. The molecule has 0 bridgehead atoms. The molecule has 1 amide bonds. The van der Waals surface area contributed by atoms with Gasteiger partial charge in [-0.05, 0) is 36.9 Å². The molecule has 0 saturated carbocycles. The molecule has 8 nitrogen and oxygen atoms in total. The van der Waals surface area contributed by atoms with Gasteiger partial charge in [0.15, 0.2) is 5.13 Å². The van der Waals surface area contributed by atoms with Crippen molar-refractivity contribution < 1.29 is 9.90 Å². The van der Waals surface area contributed by atoms with Gasteiger partial charge in [0.05, 0.1) is 17.9 Å². The molecule has 0 atom stereocenters. The second kappa shape index (κ2) is 6.99. The third-order valence-corrected chi connectivity index (χ3v) is 4.65. The number of carbonyl (C=O) groups is 1. The largest absolute Gasteiger partial charge is 0.398 e. The minimum Gasteiger partial charge on any atom is -0.398 e. The minimum absolute atomic E-state index is 0.170. The first-order valence-electron chi connectivity index (χ1n) is 6.88. The number of hydrogen-bond acceptors (Lipinski definition) is 8. The van der Waals surface area contributed by atoms with Crippen LogP contribution in [-0.2, 0) is 6.61 Å². The van der Waals surface area contributed by atoms with Crippen LogP contribution in [0.5, 0.6) is 0 Å². The molecule has 0 aliphatic carbocycles. The third kappa shape index (κ3) is 3.72. The molecule has 2 aromatic heterocycles. The number of nitrogens with two attached hydrogens (primary N) is 1. The fraction of sp³-hybridized carbons (Fsp3) is 0.143. The SMILES string of the molecule is Cc1nc(Sc2ccc(N)c(C(=O)Nc3nc(CO)cs3)c2)n[nH]1. The number of carbonyl (C=O) groups excluding carboxylic acids is 1. The number of thiazole rings is 1. The molecule has 0 fully saturated rings.